The lowest BCUT2D eigenvalue weighted by Crippen LogP contribution is -2.35. The van der Waals surface area contributed by atoms with Gasteiger partial charge in [0.15, 0.2) is 5.96 Å². The molecule has 1 heterocycles. The Hall–Kier alpha value is -1.57. The molecule has 1 aliphatic rings. The number of guanidine groups is 1. The maximum atomic E-state index is 6.07. The Morgan fingerprint density at radius 2 is 1.96 bits per heavy atom. The molecule has 6 heteroatoms. The summed E-state index contributed by atoms with van der Waals surface area (Å²) in [7, 11) is 2.02. The molecule has 0 unspecified atom stereocenters. The van der Waals surface area contributed by atoms with Gasteiger partial charge in [0.25, 0.3) is 0 Å². The van der Waals surface area contributed by atoms with Gasteiger partial charge in [0.05, 0.1) is 17.9 Å². The van der Waals surface area contributed by atoms with E-state index in [1.807, 2.05) is 36.9 Å². The second-order valence-corrected chi connectivity index (χ2v) is 5.91. The highest BCUT2D eigenvalue weighted by Crippen LogP contribution is 2.25. The number of nitrogens with two attached hydrogens (primary N) is 1. The Labute approximate surface area is 154 Å². The van der Waals surface area contributed by atoms with Crippen LogP contribution in [0.25, 0.3) is 5.69 Å². The largest absolute Gasteiger partial charge is 0.370 e. The summed E-state index contributed by atoms with van der Waals surface area (Å²) in [5.41, 5.74) is 10.4. The summed E-state index contributed by atoms with van der Waals surface area (Å²) in [5, 5.41) is 4.64. The molecule has 5 nitrogen and oxygen atoms in total. The Kier molecular flexibility index (Phi) is 5.67. The number of rotatable bonds is 4. The highest BCUT2D eigenvalue weighted by molar-refractivity contribution is 14.0. The van der Waals surface area contributed by atoms with E-state index in [0.29, 0.717) is 18.5 Å². The molecule has 1 aromatic carbocycles. The van der Waals surface area contributed by atoms with Gasteiger partial charge in [0.1, 0.15) is 0 Å². The number of hydrogen-bond acceptors (Lipinski definition) is 2. The summed E-state index contributed by atoms with van der Waals surface area (Å²) in [4.78, 5) is 6.63. The van der Waals surface area contributed by atoms with Crippen LogP contribution in [-0.4, -0.2) is 33.7 Å². The maximum absolute atomic E-state index is 6.07. The molecule has 0 amide bonds. The van der Waals surface area contributed by atoms with E-state index in [2.05, 4.69) is 34.0 Å². The maximum Gasteiger partial charge on any atom is 0.191 e. The van der Waals surface area contributed by atoms with Gasteiger partial charge in [-0.15, -0.1) is 24.0 Å². The van der Waals surface area contributed by atoms with Crippen molar-refractivity contribution in [2.24, 2.45) is 10.7 Å². The zero-order valence-electron chi connectivity index (χ0n) is 13.9. The van der Waals surface area contributed by atoms with Gasteiger partial charge in [-0.1, -0.05) is 18.2 Å². The third-order valence-electron chi connectivity index (χ3n) is 4.30. The van der Waals surface area contributed by atoms with E-state index in [1.165, 1.54) is 12.8 Å². The first-order chi connectivity index (χ1) is 10.6. The molecule has 0 atom stereocenters. The molecule has 1 saturated carbocycles. The predicted octanol–water partition coefficient (Wildman–Crippen LogP) is 3.02. The van der Waals surface area contributed by atoms with Gasteiger partial charge in [-0.2, -0.15) is 5.10 Å². The average Bonchev–Trinajstić information content (AvgIpc) is 3.33. The quantitative estimate of drug-likeness (QED) is 0.466. The van der Waals surface area contributed by atoms with Crippen LogP contribution in [0.2, 0.25) is 0 Å². The molecule has 0 bridgehead atoms. The second-order valence-electron chi connectivity index (χ2n) is 5.91. The van der Waals surface area contributed by atoms with Gasteiger partial charge in [-0.3, -0.25) is 0 Å². The van der Waals surface area contributed by atoms with E-state index in [0.717, 1.165) is 22.6 Å². The first kappa shape index (κ1) is 17.8. The van der Waals surface area contributed by atoms with Crippen molar-refractivity contribution in [3.63, 3.8) is 0 Å². The van der Waals surface area contributed by atoms with Gasteiger partial charge < -0.3 is 10.6 Å². The number of hydrogen-bond donors (Lipinski definition) is 1. The van der Waals surface area contributed by atoms with Gasteiger partial charge in [-0.25, -0.2) is 9.67 Å². The molecule has 2 N–H and O–H groups in total. The van der Waals surface area contributed by atoms with Crippen LogP contribution < -0.4 is 5.73 Å². The normalized spacial score (nSPS) is 14.5. The Morgan fingerprint density at radius 1 is 1.30 bits per heavy atom. The topological polar surface area (TPSA) is 59.4 Å². The van der Waals surface area contributed by atoms with Crippen molar-refractivity contribution in [3.05, 3.63) is 47.3 Å². The highest BCUT2D eigenvalue weighted by Gasteiger charge is 2.27. The van der Waals surface area contributed by atoms with Crippen LogP contribution in [0, 0.1) is 13.8 Å². The van der Waals surface area contributed by atoms with Crippen LogP contribution in [0.15, 0.2) is 35.3 Å². The van der Waals surface area contributed by atoms with Crippen LogP contribution in [0.4, 0.5) is 0 Å². The van der Waals surface area contributed by atoms with E-state index in [-0.39, 0.29) is 24.0 Å². The SMILES string of the molecule is Cc1nn(-c2ccccc2)c(C)c1CN=C(N)N(C)C1CC1.I. The number of aryl methyl sites for hydroxylation is 1. The number of nitrogens with zero attached hydrogens (tertiary/aromatic N) is 4. The summed E-state index contributed by atoms with van der Waals surface area (Å²) in [6.45, 7) is 4.68. The van der Waals surface area contributed by atoms with Gasteiger partial charge in [-0.05, 0) is 38.8 Å². The van der Waals surface area contributed by atoms with Crippen molar-refractivity contribution in [2.45, 2.75) is 39.3 Å². The minimum absolute atomic E-state index is 0. The lowest BCUT2D eigenvalue weighted by Gasteiger charge is -2.16. The fourth-order valence-corrected chi connectivity index (χ4v) is 2.64. The number of aromatic nitrogens is 2. The van der Waals surface area contributed by atoms with Crippen LogP contribution >= 0.6 is 24.0 Å². The van der Waals surface area contributed by atoms with Crippen molar-refractivity contribution in [1.29, 1.82) is 0 Å². The Balaban J connectivity index is 0.00000192. The molecule has 2 aromatic rings. The van der Waals surface area contributed by atoms with E-state index >= 15 is 0 Å². The van der Waals surface area contributed by atoms with Crippen LogP contribution in [0.5, 0.6) is 0 Å². The molecule has 1 aromatic heterocycles. The zero-order valence-corrected chi connectivity index (χ0v) is 16.2. The molecule has 23 heavy (non-hydrogen) atoms. The zero-order chi connectivity index (χ0) is 15.7. The molecule has 1 fully saturated rings. The average molecular weight is 425 g/mol. The molecule has 124 valence electrons. The van der Waals surface area contributed by atoms with E-state index in [1.54, 1.807) is 0 Å². The molecule has 3 rings (SSSR count). The third kappa shape index (κ3) is 3.85. The lowest BCUT2D eigenvalue weighted by atomic mass is 10.2. The molecule has 0 saturated heterocycles. The third-order valence-corrected chi connectivity index (χ3v) is 4.30. The van der Waals surface area contributed by atoms with Crippen molar-refractivity contribution in [3.8, 4) is 5.69 Å². The summed E-state index contributed by atoms with van der Waals surface area (Å²) in [6, 6.07) is 10.7. The second kappa shape index (κ2) is 7.33. The number of benzene rings is 1. The predicted molar refractivity (Wildman–Crippen MR) is 105 cm³/mol. The van der Waals surface area contributed by atoms with Gasteiger partial charge >= 0.3 is 0 Å². The van der Waals surface area contributed by atoms with Crippen LogP contribution in [0.1, 0.15) is 29.8 Å². The summed E-state index contributed by atoms with van der Waals surface area (Å²) < 4.78 is 1.97. The van der Waals surface area contributed by atoms with Crippen molar-refractivity contribution in [2.75, 3.05) is 7.05 Å². The number of para-hydroxylation sites is 1. The Morgan fingerprint density at radius 3 is 2.57 bits per heavy atom. The summed E-state index contributed by atoms with van der Waals surface area (Å²) >= 11 is 0. The number of halogens is 1. The Bertz CT molecular complexity index is 689. The summed E-state index contributed by atoms with van der Waals surface area (Å²) in [6.07, 6.45) is 2.44. The minimum Gasteiger partial charge on any atom is -0.370 e. The monoisotopic (exact) mass is 425 g/mol. The van der Waals surface area contributed by atoms with Crippen molar-refractivity contribution < 1.29 is 0 Å². The standard InChI is InChI=1S/C17H23N5.HI/c1-12-16(11-19-17(18)21(3)14-9-10-14)13(2)22(20-12)15-7-5-4-6-8-15;/h4-8,14H,9-11H2,1-3H3,(H2,18,19);1H. The van der Waals surface area contributed by atoms with E-state index in [9.17, 15) is 0 Å². The van der Waals surface area contributed by atoms with Crippen molar-refractivity contribution in [1.82, 2.24) is 14.7 Å². The van der Waals surface area contributed by atoms with Gasteiger partial charge in [0.2, 0.25) is 0 Å². The fourth-order valence-electron chi connectivity index (χ4n) is 2.64. The first-order valence-electron chi connectivity index (χ1n) is 7.71. The first-order valence-corrected chi connectivity index (χ1v) is 7.71. The molecular formula is C17H24IN5. The number of aliphatic imine (C=N–C) groups is 1. The van der Waals surface area contributed by atoms with Crippen LogP contribution in [-0.2, 0) is 6.54 Å². The molecule has 0 spiro atoms. The highest BCUT2D eigenvalue weighted by atomic mass is 127. The smallest absolute Gasteiger partial charge is 0.191 e. The fraction of sp³-hybridized carbons (Fsp3) is 0.412. The molecule has 0 radical (unpaired) electrons. The van der Waals surface area contributed by atoms with Crippen LogP contribution in [0.3, 0.4) is 0 Å². The summed E-state index contributed by atoms with van der Waals surface area (Å²) in [5.74, 6) is 0.619. The van der Waals surface area contributed by atoms with E-state index < -0.39 is 0 Å². The minimum atomic E-state index is 0. The molecule has 0 aliphatic heterocycles. The lowest BCUT2D eigenvalue weighted by molar-refractivity contribution is 0.487. The van der Waals surface area contributed by atoms with Gasteiger partial charge in [0, 0.05) is 24.3 Å². The van der Waals surface area contributed by atoms with E-state index in [4.69, 9.17) is 5.73 Å². The molecular weight excluding hydrogens is 401 g/mol. The molecule has 1 aliphatic carbocycles. The van der Waals surface area contributed by atoms with Crippen molar-refractivity contribution >= 4 is 29.9 Å².